The molecule has 0 radical (unpaired) electrons. The maximum atomic E-state index is 9.37. The zero-order chi connectivity index (χ0) is 15.1. The molecule has 3 nitrogen and oxygen atoms in total. The predicted octanol–water partition coefficient (Wildman–Crippen LogP) is 3.54. The van der Waals surface area contributed by atoms with E-state index in [1.54, 1.807) is 0 Å². The van der Waals surface area contributed by atoms with Crippen molar-refractivity contribution < 1.29 is 5.11 Å². The first-order chi connectivity index (χ1) is 10.2. The van der Waals surface area contributed by atoms with Crippen molar-refractivity contribution in [3.63, 3.8) is 0 Å². The third-order valence-corrected chi connectivity index (χ3v) is 4.86. The normalized spacial score (nSPS) is 18.9. The molecule has 1 aromatic carbocycles. The molecule has 1 atom stereocenters. The van der Waals surface area contributed by atoms with Crippen molar-refractivity contribution in [3.05, 3.63) is 35.4 Å². The Morgan fingerprint density at radius 3 is 2.76 bits per heavy atom. The van der Waals surface area contributed by atoms with Crippen molar-refractivity contribution in [1.82, 2.24) is 5.32 Å². The van der Waals surface area contributed by atoms with Gasteiger partial charge in [0.15, 0.2) is 0 Å². The summed E-state index contributed by atoms with van der Waals surface area (Å²) in [5, 5.41) is 22.0. The number of hydrogen-bond acceptors (Lipinski definition) is 3. The summed E-state index contributed by atoms with van der Waals surface area (Å²) in [6, 6.07) is 10.2. The monoisotopic (exact) mass is 286 g/mol. The van der Waals surface area contributed by atoms with E-state index in [4.69, 9.17) is 5.26 Å². The van der Waals surface area contributed by atoms with E-state index in [0.29, 0.717) is 5.56 Å². The van der Waals surface area contributed by atoms with Gasteiger partial charge in [0.1, 0.15) is 0 Å². The minimum Gasteiger partial charge on any atom is -0.396 e. The van der Waals surface area contributed by atoms with Crippen molar-refractivity contribution in [2.75, 3.05) is 13.2 Å². The fourth-order valence-electron chi connectivity index (χ4n) is 3.42. The van der Waals surface area contributed by atoms with Crippen LogP contribution in [0.15, 0.2) is 24.3 Å². The number of nitrogens with zero attached hydrogens (tertiary/aromatic N) is 1. The highest BCUT2D eigenvalue weighted by Crippen LogP contribution is 2.39. The Kier molecular flexibility index (Phi) is 5.78. The number of rotatable bonds is 6. The topological polar surface area (TPSA) is 56.0 Å². The van der Waals surface area contributed by atoms with Gasteiger partial charge in [0.2, 0.25) is 0 Å². The molecule has 0 amide bonds. The highest BCUT2D eigenvalue weighted by molar-refractivity contribution is 5.34. The zero-order valence-electron chi connectivity index (χ0n) is 12.9. The van der Waals surface area contributed by atoms with Crippen molar-refractivity contribution in [1.29, 1.82) is 5.26 Å². The number of nitriles is 1. The smallest absolute Gasteiger partial charge is 0.0991 e. The summed E-state index contributed by atoms with van der Waals surface area (Å²) in [4.78, 5) is 0. The van der Waals surface area contributed by atoms with Crippen molar-refractivity contribution in [2.45, 2.75) is 51.5 Å². The van der Waals surface area contributed by atoms with Crippen LogP contribution in [0, 0.1) is 16.7 Å². The van der Waals surface area contributed by atoms with Gasteiger partial charge < -0.3 is 10.4 Å². The van der Waals surface area contributed by atoms with E-state index in [1.165, 1.54) is 32.1 Å². The van der Waals surface area contributed by atoms with Crippen molar-refractivity contribution in [2.24, 2.45) is 5.41 Å². The molecule has 1 aliphatic carbocycles. The average molecular weight is 286 g/mol. The lowest BCUT2D eigenvalue weighted by Crippen LogP contribution is -2.38. The molecular weight excluding hydrogens is 260 g/mol. The van der Waals surface area contributed by atoms with E-state index < -0.39 is 0 Å². The second kappa shape index (κ2) is 7.59. The Balaban J connectivity index is 1.98. The molecule has 2 N–H and O–H groups in total. The summed E-state index contributed by atoms with van der Waals surface area (Å²) in [6.07, 6.45) is 7.20. The van der Waals surface area contributed by atoms with Gasteiger partial charge in [0.25, 0.3) is 0 Å². The van der Waals surface area contributed by atoms with Crippen molar-refractivity contribution in [3.8, 4) is 6.07 Å². The lowest BCUT2D eigenvalue weighted by Gasteiger charge is -2.38. The van der Waals surface area contributed by atoms with E-state index >= 15 is 0 Å². The van der Waals surface area contributed by atoms with Crippen LogP contribution < -0.4 is 5.32 Å². The second-order valence-electron chi connectivity index (χ2n) is 6.37. The van der Waals surface area contributed by atoms with Crippen LogP contribution in [-0.4, -0.2) is 18.3 Å². The fraction of sp³-hybridized carbons (Fsp3) is 0.611. The molecule has 1 aliphatic rings. The molecule has 1 unspecified atom stereocenters. The first-order valence-electron chi connectivity index (χ1n) is 8.03. The van der Waals surface area contributed by atoms with E-state index in [2.05, 4.69) is 24.4 Å². The molecule has 1 fully saturated rings. The predicted molar refractivity (Wildman–Crippen MR) is 84.8 cm³/mol. The van der Waals surface area contributed by atoms with Gasteiger partial charge in [-0.3, -0.25) is 0 Å². The van der Waals surface area contributed by atoms with Crippen molar-refractivity contribution >= 4 is 0 Å². The van der Waals surface area contributed by atoms with Crippen LogP contribution in [0.25, 0.3) is 0 Å². The quantitative estimate of drug-likeness (QED) is 0.841. The molecule has 0 saturated heterocycles. The molecule has 0 aromatic heterocycles. The number of benzene rings is 1. The summed E-state index contributed by atoms with van der Waals surface area (Å²) in [6.45, 7) is 3.37. The van der Waals surface area contributed by atoms with Crippen LogP contribution >= 0.6 is 0 Å². The summed E-state index contributed by atoms with van der Waals surface area (Å²) >= 11 is 0. The minimum atomic E-state index is 0.232. The highest BCUT2D eigenvalue weighted by Gasteiger charge is 2.31. The van der Waals surface area contributed by atoms with E-state index in [9.17, 15) is 5.11 Å². The van der Waals surface area contributed by atoms with Crippen LogP contribution in [0.1, 0.15) is 62.6 Å². The number of aliphatic hydroxyl groups is 1. The zero-order valence-corrected chi connectivity index (χ0v) is 12.9. The van der Waals surface area contributed by atoms with Gasteiger partial charge in [-0.25, -0.2) is 0 Å². The number of nitrogens with one attached hydrogen (secondary N) is 1. The largest absolute Gasteiger partial charge is 0.396 e. The standard InChI is InChI=1S/C18H26N2O/c1-15(17-7-5-6-16(12-17)13-19)20-14-18(10-11-21)8-3-2-4-9-18/h5-7,12,15,20-21H,2-4,8-11,14H2,1H3. The summed E-state index contributed by atoms with van der Waals surface area (Å²) in [5.74, 6) is 0. The van der Waals surface area contributed by atoms with Crippen LogP contribution in [0.4, 0.5) is 0 Å². The second-order valence-corrected chi connectivity index (χ2v) is 6.37. The van der Waals surface area contributed by atoms with Gasteiger partial charge in [-0.05, 0) is 49.3 Å². The lowest BCUT2D eigenvalue weighted by atomic mass is 9.72. The van der Waals surface area contributed by atoms with Gasteiger partial charge in [0, 0.05) is 19.2 Å². The molecule has 0 heterocycles. The Bertz CT molecular complexity index is 481. The molecule has 1 aromatic rings. The summed E-state index contributed by atoms with van der Waals surface area (Å²) in [7, 11) is 0. The lowest BCUT2D eigenvalue weighted by molar-refractivity contribution is 0.123. The molecule has 3 heteroatoms. The molecule has 0 spiro atoms. The molecule has 0 bridgehead atoms. The van der Waals surface area contributed by atoms with Crippen LogP contribution in [0.3, 0.4) is 0 Å². The van der Waals surface area contributed by atoms with E-state index in [0.717, 1.165) is 18.5 Å². The SMILES string of the molecule is CC(NCC1(CCO)CCCCC1)c1cccc(C#N)c1. The molecule has 2 rings (SSSR count). The van der Waals surface area contributed by atoms with E-state index in [1.807, 2.05) is 18.2 Å². The number of aliphatic hydroxyl groups excluding tert-OH is 1. The fourth-order valence-corrected chi connectivity index (χ4v) is 3.42. The Hall–Kier alpha value is -1.37. The van der Waals surface area contributed by atoms with Gasteiger partial charge in [-0.15, -0.1) is 0 Å². The molecule has 0 aliphatic heterocycles. The summed E-state index contributed by atoms with van der Waals surface area (Å²) < 4.78 is 0. The van der Waals surface area contributed by atoms with Gasteiger partial charge >= 0.3 is 0 Å². The van der Waals surface area contributed by atoms with Gasteiger partial charge in [-0.1, -0.05) is 31.4 Å². The molecular formula is C18H26N2O. The van der Waals surface area contributed by atoms with Crippen LogP contribution in [0.5, 0.6) is 0 Å². The van der Waals surface area contributed by atoms with Crippen LogP contribution in [-0.2, 0) is 0 Å². The maximum Gasteiger partial charge on any atom is 0.0991 e. The summed E-state index contributed by atoms with van der Waals surface area (Å²) in [5.41, 5.74) is 2.13. The third-order valence-electron chi connectivity index (χ3n) is 4.86. The minimum absolute atomic E-state index is 0.232. The van der Waals surface area contributed by atoms with E-state index in [-0.39, 0.29) is 18.1 Å². The Labute approximate surface area is 128 Å². The first-order valence-corrected chi connectivity index (χ1v) is 8.03. The molecule has 1 saturated carbocycles. The molecule has 114 valence electrons. The molecule has 21 heavy (non-hydrogen) atoms. The third kappa shape index (κ3) is 4.30. The maximum absolute atomic E-state index is 9.37. The Morgan fingerprint density at radius 2 is 2.10 bits per heavy atom. The van der Waals surface area contributed by atoms with Gasteiger partial charge in [0.05, 0.1) is 11.6 Å². The number of hydrogen-bond donors (Lipinski definition) is 2. The van der Waals surface area contributed by atoms with Gasteiger partial charge in [-0.2, -0.15) is 5.26 Å². The average Bonchev–Trinajstić information content (AvgIpc) is 2.54. The van der Waals surface area contributed by atoms with Crippen LogP contribution in [0.2, 0.25) is 0 Å². The Morgan fingerprint density at radius 1 is 1.33 bits per heavy atom. The highest BCUT2D eigenvalue weighted by atomic mass is 16.3. The first kappa shape index (κ1) is 16.0.